The number of nitrogens with one attached hydrogen (secondary N) is 1. The maximum atomic E-state index is 13.0. The summed E-state index contributed by atoms with van der Waals surface area (Å²) < 4.78 is 10.4. The van der Waals surface area contributed by atoms with E-state index in [1.54, 1.807) is 56.5 Å². The summed E-state index contributed by atoms with van der Waals surface area (Å²) in [4.78, 5) is 27.1. The molecule has 6 nitrogen and oxygen atoms in total. The lowest BCUT2D eigenvalue weighted by Crippen LogP contribution is -2.43. The summed E-state index contributed by atoms with van der Waals surface area (Å²) in [5.41, 5.74) is 3.81. The predicted molar refractivity (Wildman–Crippen MR) is 121 cm³/mol. The van der Waals surface area contributed by atoms with E-state index in [4.69, 9.17) is 9.47 Å². The summed E-state index contributed by atoms with van der Waals surface area (Å²) in [5.74, 6) is 0.519. The van der Waals surface area contributed by atoms with Crippen molar-refractivity contribution in [2.24, 2.45) is 0 Å². The average Bonchev–Trinajstić information content (AvgIpc) is 2.76. The number of amides is 1. The highest BCUT2D eigenvalue weighted by molar-refractivity contribution is 6.09. The number of nitrogens with zero attached hydrogens (tertiary/aromatic N) is 1. The van der Waals surface area contributed by atoms with Gasteiger partial charge in [0.1, 0.15) is 5.75 Å². The van der Waals surface area contributed by atoms with E-state index in [-0.39, 0.29) is 17.2 Å². The molecule has 2 aromatic rings. The maximum absolute atomic E-state index is 13.0. The summed E-state index contributed by atoms with van der Waals surface area (Å²) in [5, 5.41) is 3.48. The first-order valence-corrected chi connectivity index (χ1v) is 10.3. The Kier molecular flexibility index (Phi) is 6.81. The van der Waals surface area contributed by atoms with Crippen molar-refractivity contribution < 1.29 is 19.1 Å². The number of ketones is 1. The van der Waals surface area contributed by atoms with Crippen molar-refractivity contribution in [3.05, 3.63) is 70.8 Å². The van der Waals surface area contributed by atoms with E-state index in [2.05, 4.69) is 25.2 Å². The number of carbonyl (C=O) groups excluding carboxylic acids is 2. The molecule has 2 aromatic carbocycles. The molecule has 1 heterocycles. The van der Waals surface area contributed by atoms with Gasteiger partial charge in [0.15, 0.2) is 5.78 Å². The van der Waals surface area contributed by atoms with Gasteiger partial charge in [-0.15, -0.1) is 0 Å². The molecule has 0 aliphatic carbocycles. The lowest BCUT2D eigenvalue weighted by Gasteiger charge is -2.35. The number of hydrogen-bond acceptors (Lipinski definition) is 5. The van der Waals surface area contributed by atoms with Crippen molar-refractivity contribution in [1.82, 2.24) is 10.2 Å². The molecule has 164 valence electrons. The van der Waals surface area contributed by atoms with E-state index in [0.717, 1.165) is 23.4 Å². The van der Waals surface area contributed by atoms with Gasteiger partial charge in [0.05, 0.1) is 13.7 Å². The van der Waals surface area contributed by atoms with Crippen molar-refractivity contribution >= 4 is 17.4 Å². The van der Waals surface area contributed by atoms with E-state index in [0.29, 0.717) is 24.3 Å². The molecular weight excluding hydrogens is 392 g/mol. The molecule has 3 rings (SSSR count). The third kappa shape index (κ3) is 5.33. The Hall–Kier alpha value is -3.12. The highest BCUT2D eigenvalue weighted by atomic mass is 16.5. The second-order valence-electron chi connectivity index (χ2n) is 8.43. The van der Waals surface area contributed by atoms with Gasteiger partial charge < -0.3 is 19.7 Å². The Labute approximate surface area is 183 Å². The summed E-state index contributed by atoms with van der Waals surface area (Å²) in [6.07, 6.45) is 2.48. The summed E-state index contributed by atoms with van der Waals surface area (Å²) >= 11 is 0. The Morgan fingerprint density at radius 1 is 1.10 bits per heavy atom. The first-order chi connectivity index (χ1) is 14.7. The molecule has 0 radical (unpaired) electrons. The van der Waals surface area contributed by atoms with Crippen LogP contribution in [0.2, 0.25) is 0 Å². The first-order valence-electron chi connectivity index (χ1n) is 10.3. The Balaban J connectivity index is 1.84. The molecule has 1 aliphatic rings. The fraction of sp³-hybridized carbons (Fsp3) is 0.360. The molecule has 0 atom stereocenters. The van der Waals surface area contributed by atoms with Crippen molar-refractivity contribution in [3.63, 3.8) is 0 Å². The molecule has 1 N–H and O–H groups in total. The largest absolute Gasteiger partial charge is 0.497 e. The third-order valence-corrected chi connectivity index (χ3v) is 5.38. The Bertz CT molecular complexity index is 993. The minimum atomic E-state index is -0.170. The van der Waals surface area contributed by atoms with Gasteiger partial charge in [0.25, 0.3) is 5.91 Å². The smallest absolute Gasteiger partial charge is 0.253 e. The summed E-state index contributed by atoms with van der Waals surface area (Å²) in [6, 6.07) is 12.7. The molecule has 0 bridgehead atoms. The van der Waals surface area contributed by atoms with Crippen LogP contribution in [0.1, 0.15) is 45.7 Å². The van der Waals surface area contributed by atoms with E-state index in [1.807, 2.05) is 12.1 Å². The molecule has 6 heteroatoms. The van der Waals surface area contributed by atoms with Crippen LogP contribution in [0.15, 0.2) is 48.5 Å². The summed E-state index contributed by atoms with van der Waals surface area (Å²) in [7, 11) is 4.96. The number of hydrogen-bond donors (Lipinski definition) is 1. The molecule has 0 saturated heterocycles. The van der Waals surface area contributed by atoms with Gasteiger partial charge >= 0.3 is 0 Å². The second-order valence-corrected chi connectivity index (χ2v) is 8.43. The van der Waals surface area contributed by atoms with Gasteiger partial charge in [-0.3, -0.25) is 9.59 Å². The number of allylic oxidation sites excluding steroid dienone is 1. The Morgan fingerprint density at radius 2 is 1.77 bits per heavy atom. The monoisotopic (exact) mass is 422 g/mol. The highest BCUT2D eigenvalue weighted by Crippen LogP contribution is 2.32. The van der Waals surface area contributed by atoms with Crippen LogP contribution >= 0.6 is 0 Å². The van der Waals surface area contributed by atoms with E-state index in [1.165, 1.54) is 5.56 Å². The fourth-order valence-corrected chi connectivity index (χ4v) is 3.70. The van der Waals surface area contributed by atoms with Gasteiger partial charge in [0.2, 0.25) is 0 Å². The molecule has 0 aromatic heterocycles. The molecule has 1 aliphatic heterocycles. The topological polar surface area (TPSA) is 67.9 Å². The van der Waals surface area contributed by atoms with Crippen LogP contribution in [0, 0.1) is 0 Å². The molecule has 0 fully saturated rings. The third-order valence-electron chi connectivity index (χ3n) is 5.38. The number of carbonyl (C=O) groups is 2. The quantitative estimate of drug-likeness (QED) is 0.546. The van der Waals surface area contributed by atoms with Gasteiger partial charge in [0, 0.05) is 54.7 Å². The molecular formula is C25H30N2O4. The molecule has 0 unspecified atom stereocenters. The number of rotatable bonds is 7. The lowest BCUT2D eigenvalue weighted by molar-refractivity contribution is 0.0744. The van der Waals surface area contributed by atoms with Crippen molar-refractivity contribution in [2.75, 3.05) is 34.4 Å². The van der Waals surface area contributed by atoms with Crippen LogP contribution in [0.3, 0.4) is 0 Å². The number of methoxy groups -OCH3 is 2. The standard InChI is InChI=1S/C25H30N2O4/c1-25(2)16-19-10-11-20(31-5)14-21(19)22(26-25)15-23(28)17-6-8-18(9-7-17)24(29)27(3)12-13-30-4/h6-11,14-15,26H,12-13,16H2,1-5H3/b22-15-. The number of fused-ring (bicyclic) bond motifs is 1. The van der Waals surface area contributed by atoms with Crippen LogP contribution in [-0.4, -0.2) is 56.5 Å². The zero-order valence-electron chi connectivity index (χ0n) is 18.8. The van der Waals surface area contributed by atoms with Crippen molar-refractivity contribution in [3.8, 4) is 5.75 Å². The van der Waals surface area contributed by atoms with Crippen LogP contribution in [0.4, 0.5) is 0 Å². The van der Waals surface area contributed by atoms with Gasteiger partial charge in [-0.25, -0.2) is 0 Å². The second kappa shape index (κ2) is 9.35. The normalized spacial score (nSPS) is 15.7. The van der Waals surface area contributed by atoms with E-state index in [9.17, 15) is 9.59 Å². The van der Waals surface area contributed by atoms with Gasteiger partial charge in [-0.2, -0.15) is 0 Å². The van der Waals surface area contributed by atoms with E-state index < -0.39 is 0 Å². The van der Waals surface area contributed by atoms with Crippen LogP contribution < -0.4 is 10.1 Å². The molecule has 0 saturated carbocycles. The molecule has 31 heavy (non-hydrogen) atoms. The highest BCUT2D eigenvalue weighted by Gasteiger charge is 2.28. The number of benzene rings is 2. The van der Waals surface area contributed by atoms with Crippen LogP contribution in [0.5, 0.6) is 5.75 Å². The van der Waals surface area contributed by atoms with Crippen molar-refractivity contribution in [1.29, 1.82) is 0 Å². The number of likely N-dealkylation sites (N-methyl/N-ethyl adjacent to an activating group) is 1. The first kappa shape index (κ1) is 22.6. The number of ether oxygens (including phenoxy) is 2. The fourth-order valence-electron chi connectivity index (χ4n) is 3.70. The SMILES string of the molecule is COCCN(C)C(=O)c1ccc(C(=O)/C=C2\NC(C)(C)Cc3ccc(OC)cc32)cc1. The van der Waals surface area contributed by atoms with Crippen LogP contribution in [-0.2, 0) is 11.2 Å². The maximum Gasteiger partial charge on any atom is 0.253 e. The zero-order chi connectivity index (χ0) is 22.6. The van der Waals surface area contributed by atoms with Crippen molar-refractivity contribution in [2.45, 2.75) is 25.8 Å². The Morgan fingerprint density at radius 3 is 2.42 bits per heavy atom. The lowest BCUT2D eigenvalue weighted by atomic mass is 9.85. The average molecular weight is 423 g/mol. The van der Waals surface area contributed by atoms with Gasteiger partial charge in [-0.05, 0) is 50.1 Å². The summed E-state index contributed by atoms with van der Waals surface area (Å²) in [6.45, 7) is 5.20. The van der Waals surface area contributed by atoms with Crippen LogP contribution in [0.25, 0.3) is 5.70 Å². The molecule has 0 spiro atoms. The van der Waals surface area contributed by atoms with Gasteiger partial charge in [-0.1, -0.05) is 18.2 Å². The predicted octanol–water partition coefficient (Wildman–Crippen LogP) is 3.56. The van der Waals surface area contributed by atoms with E-state index >= 15 is 0 Å². The molecule has 1 amide bonds. The zero-order valence-corrected chi connectivity index (χ0v) is 18.8. The minimum Gasteiger partial charge on any atom is -0.497 e. The minimum absolute atomic E-state index is 0.105.